The lowest BCUT2D eigenvalue weighted by Crippen LogP contribution is -2.18. The molecule has 1 aliphatic rings. The lowest BCUT2D eigenvalue weighted by molar-refractivity contribution is -0.138. The third kappa shape index (κ3) is 6.85. The highest BCUT2D eigenvalue weighted by Gasteiger charge is 2.39. The van der Waals surface area contributed by atoms with Crippen molar-refractivity contribution in [3.63, 3.8) is 0 Å². The number of rotatable bonds is 9. The number of halogens is 4. The Balaban J connectivity index is 2.00. The largest absolute Gasteiger partial charge is 0.481 e. The first kappa shape index (κ1) is 23.4. The first-order valence-corrected chi connectivity index (χ1v) is 9.95. The number of carboxylic acids is 1. The van der Waals surface area contributed by atoms with Crippen LogP contribution in [-0.2, 0) is 15.8 Å². The van der Waals surface area contributed by atoms with E-state index in [2.05, 4.69) is 0 Å². The molecule has 1 fully saturated rings. The minimum absolute atomic E-state index is 0.0348. The Morgan fingerprint density at radius 2 is 1.90 bits per heavy atom. The van der Waals surface area contributed by atoms with Gasteiger partial charge in [0.25, 0.3) is 0 Å². The van der Waals surface area contributed by atoms with Gasteiger partial charge in [-0.15, -0.1) is 0 Å². The summed E-state index contributed by atoms with van der Waals surface area (Å²) in [6, 6.07) is 3.57. The highest BCUT2D eigenvalue weighted by molar-refractivity contribution is 6.31. The number of alkyl halides is 3. The molecule has 0 aliphatic heterocycles. The summed E-state index contributed by atoms with van der Waals surface area (Å²) in [6.45, 7) is 0. The third-order valence-electron chi connectivity index (χ3n) is 5.20. The summed E-state index contributed by atoms with van der Waals surface area (Å²) in [6.07, 6.45) is 1.23. The van der Waals surface area contributed by atoms with Crippen molar-refractivity contribution < 1.29 is 33.0 Å². The van der Waals surface area contributed by atoms with Crippen LogP contribution >= 0.6 is 11.6 Å². The number of carboxylic acid groups (broad SMARTS) is 1. The zero-order valence-electron chi connectivity index (χ0n) is 15.8. The van der Waals surface area contributed by atoms with Gasteiger partial charge >= 0.3 is 12.1 Å². The summed E-state index contributed by atoms with van der Waals surface area (Å²) in [5.74, 6) is -1.72. The molecular weight excluding hydrogens is 409 g/mol. The van der Waals surface area contributed by atoms with E-state index in [4.69, 9.17) is 16.7 Å². The minimum Gasteiger partial charge on any atom is -0.481 e. The average molecular weight is 433 g/mol. The van der Waals surface area contributed by atoms with Gasteiger partial charge in [0, 0.05) is 24.7 Å². The number of carbonyl (C=O) groups is 2. The van der Waals surface area contributed by atoms with Crippen molar-refractivity contribution in [2.75, 3.05) is 0 Å². The fraction of sp³-hybridized carbons (Fsp3) is 0.524. The van der Waals surface area contributed by atoms with Gasteiger partial charge in [0.15, 0.2) is 0 Å². The fourth-order valence-electron chi connectivity index (χ4n) is 3.67. The van der Waals surface area contributed by atoms with E-state index < -0.39 is 29.7 Å². The number of ketones is 1. The first-order chi connectivity index (χ1) is 13.6. The van der Waals surface area contributed by atoms with Gasteiger partial charge in [-0.2, -0.15) is 13.2 Å². The summed E-state index contributed by atoms with van der Waals surface area (Å²) in [5, 5.41) is 18.4. The van der Waals surface area contributed by atoms with E-state index in [1.165, 1.54) is 18.2 Å². The fourth-order valence-corrected chi connectivity index (χ4v) is 3.90. The van der Waals surface area contributed by atoms with Crippen molar-refractivity contribution in [2.24, 2.45) is 11.8 Å². The highest BCUT2D eigenvalue weighted by atomic mass is 35.5. The second-order valence-corrected chi connectivity index (χ2v) is 7.77. The quantitative estimate of drug-likeness (QED) is 0.515. The van der Waals surface area contributed by atoms with E-state index in [9.17, 15) is 27.9 Å². The highest BCUT2D eigenvalue weighted by Crippen LogP contribution is 2.37. The van der Waals surface area contributed by atoms with Crippen LogP contribution in [0.15, 0.2) is 24.3 Å². The molecule has 0 radical (unpaired) electrons. The van der Waals surface area contributed by atoms with Crippen LogP contribution in [0.5, 0.6) is 0 Å². The van der Waals surface area contributed by atoms with Crippen molar-refractivity contribution in [3.05, 3.63) is 40.4 Å². The Morgan fingerprint density at radius 3 is 2.55 bits per heavy atom. The first-order valence-electron chi connectivity index (χ1n) is 9.57. The Bertz CT molecular complexity index is 761. The second-order valence-electron chi connectivity index (χ2n) is 7.36. The molecule has 160 valence electrons. The lowest BCUT2D eigenvalue weighted by atomic mass is 9.88. The van der Waals surface area contributed by atoms with Crippen molar-refractivity contribution >= 4 is 29.4 Å². The van der Waals surface area contributed by atoms with Crippen molar-refractivity contribution in [1.29, 1.82) is 0 Å². The molecule has 0 bridgehead atoms. The van der Waals surface area contributed by atoms with Crippen LogP contribution in [0.2, 0.25) is 5.02 Å². The number of hydrogen-bond donors (Lipinski definition) is 2. The monoisotopic (exact) mass is 432 g/mol. The molecule has 29 heavy (non-hydrogen) atoms. The van der Waals surface area contributed by atoms with E-state index in [0.29, 0.717) is 18.4 Å². The summed E-state index contributed by atoms with van der Waals surface area (Å²) >= 11 is 5.62. The molecule has 0 spiro atoms. The van der Waals surface area contributed by atoms with Gasteiger partial charge in [-0.25, -0.2) is 0 Å². The summed E-state index contributed by atoms with van der Waals surface area (Å²) in [7, 11) is 0. The van der Waals surface area contributed by atoms with Crippen molar-refractivity contribution in [1.82, 2.24) is 0 Å². The number of aliphatic hydroxyl groups is 1. The van der Waals surface area contributed by atoms with Gasteiger partial charge < -0.3 is 10.2 Å². The van der Waals surface area contributed by atoms with Gasteiger partial charge in [0.05, 0.1) is 16.7 Å². The van der Waals surface area contributed by atoms with Crippen LogP contribution in [0.4, 0.5) is 13.2 Å². The zero-order valence-corrected chi connectivity index (χ0v) is 16.5. The standard InChI is InChI=1S/C21H24ClF3O4/c22-17-10-8-13(11-16(17)21(23,24)25)7-9-15-14(18(26)12-19(15)27)5-3-1-2-4-6-20(28)29/h7-11,14-15,19,27H,1-6,12H2,(H,28,29)/b9-7+. The maximum Gasteiger partial charge on any atom is 0.417 e. The smallest absolute Gasteiger partial charge is 0.417 e. The molecule has 1 aliphatic carbocycles. The average Bonchev–Trinajstić information content (AvgIpc) is 2.89. The van der Waals surface area contributed by atoms with Crippen molar-refractivity contribution in [2.45, 2.75) is 57.2 Å². The number of aliphatic carboxylic acids is 1. The van der Waals surface area contributed by atoms with Crippen LogP contribution in [0.3, 0.4) is 0 Å². The van der Waals surface area contributed by atoms with Crippen molar-refractivity contribution in [3.8, 4) is 0 Å². The van der Waals surface area contributed by atoms with E-state index >= 15 is 0 Å². The lowest BCUT2D eigenvalue weighted by Gasteiger charge is -2.17. The van der Waals surface area contributed by atoms with Crippen LogP contribution in [-0.4, -0.2) is 28.1 Å². The molecule has 2 N–H and O–H groups in total. The number of carbonyl (C=O) groups excluding carboxylic acids is 1. The molecule has 0 aromatic heterocycles. The minimum atomic E-state index is -4.56. The van der Waals surface area contributed by atoms with Crippen LogP contribution < -0.4 is 0 Å². The molecule has 1 aromatic carbocycles. The molecule has 2 rings (SSSR count). The number of Topliss-reactive ketones (excluding diaryl/α,β-unsaturated/α-hetero) is 1. The van der Waals surface area contributed by atoms with E-state index in [-0.39, 0.29) is 29.6 Å². The molecule has 0 amide bonds. The molecule has 0 heterocycles. The Kier molecular flexibility index (Phi) is 8.28. The molecule has 4 nitrogen and oxygen atoms in total. The maximum absolute atomic E-state index is 13.0. The van der Waals surface area contributed by atoms with Gasteiger partial charge in [-0.1, -0.05) is 49.1 Å². The van der Waals surface area contributed by atoms with Gasteiger partial charge in [0.1, 0.15) is 5.78 Å². The predicted octanol–water partition coefficient (Wildman–Crippen LogP) is 5.36. The van der Waals surface area contributed by atoms with Gasteiger partial charge in [-0.3, -0.25) is 9.59 Å². The van der Waals surface area contributed by atoms with Crippen LogP contribution in [0.1, 0.15) is 56.1 Å². The molecule has 3 atom stereocenters. The molecule has 1 saturated carbocycles. The molecular formula is C21H24ClF3O4. The number of hydrogen-bond acceptors (Lipinski definition) is 3. The Hall–Kier alpha value is -1.86. The molecule has 1 aromatic rings. The Labute approximate surface area is 172 Å². The topological polar surface area (TPSA) is 74.6 Å². The second kappa shape index (κ2) is 10.3. The third-order valence-corrected chi connectivity index (χ3v) is 5.52. The number of unbranched alkanes of at least 4 members (excludes halogenated alkanes) is 3. The van der Waals surface area contributed by atoms with Gasteiger partial charge in [0.2, 0.25) is 0 Å². The van der Waals surface area contributed by atoms with Gasteiger partial charge in [-0.05, 0) is 30.5 Å². The number of benzene rings is 1. The summed E-state index contributed by atoms with van der Waals surface area (Å²) < 4.78 is 39.0. The summed E-state index contributed by atoms with van der Waals surface area (Å²) in [4.78, 5) is 22.7. The van der Waals surface area contributed by atoms with E-state index in [0.717, 1.165) is 25.3 Å². The zero-order chi connectivity index (χ0) is 21.6. The SMILES string of the molecule is O=C(O)CCCCCCC1C(=O)CC(O)C1/C=C/c1ccc(Cl)c(C(F)(F)F)c1. The maximum atomic E-state index is 13.0. The molecule has 3 unspecified atom stereocenters. The summed E-state index contributed by atoms with van der Waals surface area (Å²) in [5.41, 5.74) is -0.636. The molecule has 0 saturated heterocycles. The number of aliphatic hydroxyl groups excluding tert-OH is 1. The van der Waals surface area contributed by atoms with E-state index in [1.54, 1.807) is 6.08 Å². The Morgan fingerprint density at radius 1 is 1.21 bits per heavy atom. The van der Waals surface area contributed by atoms with Crippen LogP contribution in [0.25, 0.3) is 6.08 Å². The molecule has 8 heteroatoms. The van der Waals surface area contributed by atoms with E-state index in [1.807, 2.05) is 0 Å². The van der Waals surface area contributed by atoms with Crippen LogP contribution in [0, 0.1) is 11.8 Å². The normalized spacial score (nSPS) is 22.5. The predicted molar refractivity (Wildman–Crippen MR) is 103 cm³/mol.